The van der Waals surface area contributed by atoms with Gasteiger partial charge in [-0.05, 0) is 32.0 Å². The fourth-order valence-electron chi connectivity index (χ4n) is 2.83. The van der Waals surface area contributed by atoms with Gasteiger partial charge in [-0.1, -0.05) is 26.0 Å². The fraction of sp³-hybridized carbons (Fsp3) is 0.588. The maximum atomic E-state index is 12.8. The Morgan fingerprint density at radius 1 is 1.29 bits per heavy atom. The van der Waals surface area contributed by atoms with Crippen molar-refractivity contribution in [2.45, 2.75) is 32.7 Å². The number of benzene rings is 1. The molecule has 21 heavy (non-hydrogen) atoms. The standard InChI is InChI=1S/C17H27N3O/c1-4-10-18-16-9-7-6-8-15(16)17(21)20-12-11-19(3)14(5-2)13-20/h6-9,14,18H,4-5,10-13H2,1-3H3. The average Bonchev–Trinajstić information content (AvgIpc) is 2.53. The van der Waals surface area contributed by atoms with Crippen LogP contribution in [0, 0.1) is 0 Å². The van der Waals surface area contributed by atoms with Crippen molar-refractivity contribution in [3.05, 3.63) is 29.8 Å². The monoisotopic (exact) mass is 289 g/mol. The van der Waals surface area contributed by atoms with Gasteiger partial charge in [0.2, 0.25) is 0 Å². The van der Waals surface area contributed by atoms with E-state index in [4.69, 9.17) is 0 Å². The minimum atomic E-state index is 0.153. The second-order valence-electron chi connectivity index (χ2n) is 5.77. The summed E-state index contributed by atoms with van der Waals surface area (Å²) in [7, 11) is 2.15. The highest BCUT2D eigenvalue weighted by atomic mass is 16.2. The third kappa shape index (κ3) is 3.76. The zero-order valence-corrected chi connectivity index (χ0v) is 13.4. The van der Waals surface area contributed by atoms with Gasteiger partial charge in [0.15, 0.2) is 0 Å². The third-order valence-electron chi connectivity index (χ3n) is 4.26. The van der Waals surface area contributed by atoms with Crippen LogP contribution in [-0.2, 0) is 0 Å². The topological polar surface area (TPSA) is 35.6 Å². The molecule has 1 aliphatic rings. The molecule has 4 nitrogen and oxygen atoms in total. The Kier molecular flexibility index (Phi) is 5.62. The van der Waals surface area contributed by atoms with Crippen molar-refractivity contribution in [1.82, 2.24) is 9.80 Å². The summed E-state index contributed by atoms with van der Waals surface area (Å²) >= 11 is 0. The largest absolute Gasteiger partial charge is 0.384 e. The number of likely N-dealkylation sites (N-methyl/N-ethyl adjacent to an activating group) is 1. The lowest BCUT2D eigenvalue weighted by atomic mass is 10.1. The molecule has 0 spiro atoms. The van der Waals surface area contributed by atoms with Crippen LogP contribution in [0.1, 0.15) is 37.0 Å². The van der Waals surface area contributed by atoms with E-state index in [0.29, 0.717) is 6.04 Å². The molecule has 1 amide bonds. The summed E-state index contributed by atoms with van der Waals surface area (Å²) in [5.74, 6) is 0.153. The van der Waals surface area contributed by atoms with E-state index in [-0.39, 0.29) is 5.91 Å². The van der Waals surface area contributed by atoms with Crippen molar-refractivity contribution in [2.24, 2.45) is 0 Å². The van der Waals surface area contributed by atoms with Gasteiger partial charge in [0.1, 0.15) is 0 Å². The molecule has 0 aromatic heterocycles. The van der Waals surface area contributed by atoms with Gasteiger partial charge in [-0.25, -0.2) is 0 Å². The van der Waals surface area contributed by atoms with E-state index >= 15 is 0 Å². The lowest BCUT2D eigenvalue weighted by Gasteiger charge is -2.39. The zero-order valence-electron chi connectivity index (χ0n) is 13.4. The number of anilines is 1. The molecule has 1 saturated heterocycles. The molecule has 0 aliphatic carbocycles. The molecule has 2 rings (SSSR count). The van der Waals surface area contributed by atoms with E-state index in [1.807, 2.05) is 29.2 Å². The van der Waals surface area contributed by atoms with Gasteiger partial charge >= 0.3 is 0 Å². The van der Waals surface area contributed by atoms with E-state index in [0.717, 1.165) is 50.3 Å². The number of nitrogens with zero attached hydrogens (tertiary/aromatic N) is 2. The Balaban J connectivity index is 2.12. The predicted octanol–water partition coefficient (Wildman–Crippen LogP) is 2.67. The number of rotatable bonds is 5. The summed E-state index contributed by atoms with van der Waals surface area (Å²) in [6.45, 7) is 7.80. The summed E-state index contributed by atoms with van der Waals surface area (Å²) in [5, 5.41) is 3.36. The molecular weight excluding hydrogens is 262 g/mol. The molecule has 0 saturated carbocycles. The average molecular weight is 289 g/mol. The number of piperazine rings is 1. The number of carbonyl (C=O) groups is 1. The number of hydrogen-bond donors (Lipinski definition) is 1. The molecule has 1 atom stereocenters. The van der Waals surface area contributed by atoms with Gasteiger partial charge in [0, 0.05) is 37.9 Å². The van der Waals surface area contributed by atoms with Gasteiger partial charge in [-0.3, -0.25) is 9.69 Å². The van der Waals surface area contributed by atoms with Gasteiger partial charge < -0.3 is 10.2 Å². The summed E-state index contributed by atoms with van der Waals surface area (Å²) in [6.07, 6.45) is 2.13. The molecule has 1 aromatic carbocycles. The van der Waals surface area contributed by atoms with E-state index in [9.17, 15) is 4.79 Å². The second-order valence-corrected chi connectivity index (χ2v) is 5.77. The minimum Gasteiger partial charge on any atom is -0.384 e. The molecule has 0 bridgehead atoms. The maximum Gasteiger partial charge on any atom is 0.256 e. The first kappa shape index (κ1) is 15.8. The number of carbonyl (C=O) groups excluding carboxylic acids is 1. The van der Waals surface area contributed by atoms with Crippen molar-refractivity contribution < 1.29 is 4.79 Å². The summed E-state index contributed by atoms with van der Waals surface area (Å²) in [6, 6.07) is 8.32. The van der Waals surface area contributed by atoms with Crippen LogP contribution in [-0.4, -0.2) is 55.0 Å². The van der Waals surface area contributed by atoms with Crippen LogP contribution in [0.15, 0.2) is 24.3 Å². The van der Waals surface area contributed by atoms with Crippen LogP contribution in [0.4, 0.5) is 5.69 Å². The van der Waals surface area contributed by atoms with Crippen LogP contribution >= 0.6 is 0 Å². The van der Waals surface area contributed by atoms with Gasteiger partial charge in [0.05, 0.1) is 5.56 Å². The van der Waals surface area contributed by atoms with Crippen LogP contribution in [0.2, 0.25) is 0 Å². The van der Waals surface area contributed by atoms with E-state index in [1.165, 1.54) is 0 Å². The van der Waals surface area contributed by atoms with E-state index in [2.05, 4.69) is 31.1 Å². The third-order valence-corrected chi connectivity index (χ3v) is 4.26. The van der Waals surface area contributed by atoms with Crippen molar-refractivity contribution in [2.75, 3.05) is 38.5 Å². The fourth-order valence-corrected chi connectivity index (χ4v) is 2.83. The van der Waals surface area contributed by atoms with Gasteiger partial charge in [0.25, 0.3) is 5.91 Å². The van der Waals surface area contributed by atoms with E-state index in [1.54, 1.807) is 0 Å². The molecule has 116 valence electrons. The van der Waals surface area contributed by atoms with Crippen molar-refractivity contribution in [3.63, 3.8) is 0 Å². The lowest BCUT2D eigenvalue weighted by Crippen LogP contribution is -2.53. The first-order valence-electron chi connectivity index (χ1n) is 7.99. The number of para-hydroxylation sites is 1. The molecule has 1 aliphatic heterocycles. The highest BCUT2D eigenvalue weighted by Gasteiger charge is 2.27. The first-order valence-corrected chi connectivity index (χ1v) is 7.99. The predicted molar refractivity (Wildman–Crippen MR) is 87.8 cm³/mol. The lowest BCUT2D eigenvalue weighted by molar-refractivity contribution is 0.0543. The highest BCUT2D eigenvalue weighted by molar-refractivity contribution is 5.99. The molecular formula is C17H27N3O. The summed E-state index contributed by atoms with van der Waals surface area (Å²) in [4.78, 5) is 17.2. The van der Waals surface area contributed by atoms with Crippen LogP contribution < -0.4 is 5.32 Å². The molecule has 1 heterocycles. The Hall–Kier alpha value is -1.55. The zero-order chi connectivity index (χ0) is 15.2. The van der Waals surface area contributed by atoms with Crippen LogP contribution in [0.3, 0.4) is 0 Å². The Bertz CT molecular complexity index is 475. The van der Waals surface area contributed by atoms with Gasteiger partial charge in [-0.15, -0.1) is 0 Å². The first-order chi connectivity index (χ1) is 10.2. The number of amides is 1. The number of hydrogen-bond acceptors (Lipinski definition) is 3. The van der Waals surface area contributed by atoms with E-state index < -0.39 is 0 Å². The number of nitrogens with one attached hydrogen (secondary N) is 1. The molecule has 1 unspecified atom stereocenters. The normalized spacial score (nSPS) is 19.6. The van der Waals surface area contributed by atoms with Crippen molar-refractivity contribution in [1.29, 1.82) is 0 Å². The van der Waals surface area contributed by atoms with Crippen molar-refractivity contribution in [3.8, 4) is 0 Å². The second kappa shape index (κ2) is 7.46. The Labute approximate surface area is 128 Å². The molecule has 1 N–H and O–H groups in total. The minimum absolute atomic E-state index is 0.153. The Morgan fingerprint density at radius 2 is 2.05 bits per heavy atom. The van der Waals surface area contributed by atoms with Gasteiger partial charge in [-0.2, -0.15) is 0 Å². The maximum absolute atomic E-state index is 12.8. The molecule has 1 fully saturated rings. The quantitative estimate of drug-likeness (QED) is 0.905. The smallest absolute Gasteiger partial charge is 0.256 e. The molecule has 4 heteroatoms. The van der Waals surface area contributed by atoms with Crippen molar-refractivity contribution >= 4 is 11.6 Å². The Morgan fingerprint density at radius 3 is 2.76 bits per heavy atom. The molecule has 0 radical (unpaired) electrons. The molecule has 1 aromatic rings. The summed E-state index contributed by atoms with van der Waals surface area (Å²) in [5.41, 5.74) is 1.75. The highest BCUT2D eigenvalue weighted by Crippen LogP contribution is 2.20. The van der Waals surface area contributed by atoms with Crippen LogP contribution in [0.25, 0.3) is 0 Å². The summed E-state index contributed by atoms with van der Waals surface area (Å²) < 4.78 is 0. The van der Waals surface area contributed by atoms with Crippen LogP contribution in [0.5, 0.6) is 0 Å². The SMILES string of the molecule is CCCNc1ccccc1C(=O)N1CCN(C)C(CC)C1.